The standard InChI is InChI=1S/C30H30N2O5/c1-6-36-29-19(3)30-26(27(17-37-30)21-7-13-24(35-5)14-8-21)16-25(29)18(2)15-28(34)32-23-11-9-22(10-12-23)31-20(4)33/h7-17H,6H2,1-5H3,(H,31,33)(H,32,34)/b18-15+. The van der Waals surface area contributed by atoms with Crippen LogP contribution in [0.1, 0.15) is 31.9 Å². The van der Waals surface area contributed by atoms with E-state index in [1.54, 1.807) is 43.7 Å². The van der Waals surface area contributed by atoms with Gasteiger partial charge in [0.2, 0.25) is 11.8 Å². The molecular weight excluding hydrogens is 468 g/mol. The lowest BCUT2D eigenvalue weighted by molar-refractivity contribution is -0.114. The summed E-state index contributed by atoms with van der Waals surface area (Å²) in [5, 5.41) is 6.51. The number of nitrogens with one attached hydrogen (secondary N) is 2. The van der Waals surface area contributed by atoms with Gasteiger partial charge in [-0.15, -0.1) is 0 Å². The maximum atomic E-state index is 12.8. The molecule has 37 heavy (non-hydrogen) atoms. The zero-order chi connectivity index (χ0) is 26.5. The first kappa shape index (κ1) is 25.6. The summed E-state index contributed by atoms with van der Waals surface area (Å²) in [6.45, 7) is 7.69. The van der Waals surface area contributed by atoms with Gasteiger partial charge in [0, 0.05) is 46.5 Å². The third-order valence-corrected chi connectivity index (χ3v) is 5.98. The molecule has 0 atom stereocenters. The predicted octanol–water partition coefficient (Wildman–Crippen LogP) is 6.82. The number of hydrogen-bond donors (Lipinski definition) is 2. The van der Waals surface area contributed by atoms with E-state index in [9.17, 15) is 9.59 Å². The van der Waals surface area contributed by atoms with Gasteiger partial charge >= 0.3 is 0 Å². The molecule has 0 fully saturated rings. The van der Waals surface area contributed by atoms with Crippen LogP contribution >= 0.6 is 0 Å². The number of allylic oxidation sites excluding steroid dienone is 1. The van der Waals surface area contributed by atoms with E-state index >= 15 is 0 Å². The van der Waals surface area contributed by atoms with Crippen molar-refractivity contribution in [3.05, 3.63) is 78.1 Å². The van der Waals surface area contributed by atoms with Crippen LogP contribution in [0.25, 0.3) is 27.7 Å². The van der Waals surface area contributed by atoms with Gasteiger partial charge in [0.1, 0.15) is 17.1 Å². The number of ether oxygens (including phenoxy) is 2. The van der Waals surface area contributed by atoms with Crippen LogP contribution in [-0.2, 0) is 9.59 Å². The van der Waals surface area contributed by atoms with Crippen molar-refractivity contribution in [1.29, 1.82) is 0 Å². The summed E-state index contributed by atoms with van der Waals surface area (Å²) in [6.07, 6.45) is 3.30. The fourth-order valence-corrected chi connectivity index (χ4v) is 4.23. The number of anilines is 2. The average molecular weight is 499 g/mol. The summed E-state index contributed by atoms with van der Waals surface area (Å²) < 4.78 is 17.3. The van der Waals surface area contributed by atoms with Crippen LogP contribution in [0.3, 0.4) is 0 Å². The van der Waals surface area contributed by atoms with Crippen LogP contribution in [0, 0.1) is 6.92 Å². The maximum absolute atomic E-state index is 12.8. The molecular formula is C30H30N2O5. The second kappa shape index (κ2) is 11.0. The highest BCUT2D eigenvalue weighted by atomic mass is 16.5. The van der Waals surface area contributed by atoms with E-state index in [2.05, 4.69) is 10.6 Å². The first-order valence-electron chi connectivity index (χ1n) is 12.0. The van der Waals surface area contributed by atoms with Crippen LogP contribution < -0.4 is 20.1 Å². The van der Waals surface area contributed by atoms with Crippen LogP contribution in [0.15, 0.2) is 71.4 Å². The largest absolute Gasteiger partial charge is 0.497 e. The summed E-state index contributed by atoms with van der Waals surface area (Å²) in [6, 6.07) is 16.8. The zero-order valence-electron chi connectivity index (χ0n) is 21.6. The number of furan rings is 1. The molecule has 2 amide bonds. The van der Waals surface area contributed by atoms with Crippen molar-refractivity contribution in [2.45, 2.75) is 27.7 Å². The monoisotopic (exact) mass is 498 g/mol. The van der Waals surface area contributed by atoms with E-state index < -0.39 is 0 Å². The van der Waals surface area contributed by atoms with Crippen molar-refractivity contribution < 1.29 is 23.5 Å². The Balaban J connectivity index is 1.68. The van der Waals surface area contributed by atoms with Gasteiger partial charge in [-0.2, -0.15) is 0 Å². The molecule has 0 aliphatic heterocycles. The molecule has 0 aliphatic carbocycles. The van der Waals surface area contributed by atoms with Gasteiger partial charge in [0.25, 0.3) is 0 Å². The summed E-state index contributed by atoms with van der Waals surface area (Å²) in [7, 11) is 1.64. The van der Waals surface area contributed by atoms with E-state index in [0.29, 0.717) is 23.7 Å². The van der Waals surface area contributed by atoms with Crippen molar-refractivity contribution in [2.75, 3.05) is 24.4 Å². The van der Waals surface area contributed by atoms with Crippen molar-refractivity contribution in [2.24, 2.45) is 0 Å². The molecule has 1 heterocycles. The van der Waals surface area contributed by atoms with E-state index in [4.69, 9.17) is 13.9 Å². The number of carbonyl (C=O) groups excluding carboxylic acids is 2. The van der Waals surface area contributed by atoms with Gasteiger partial charge in [0.15, 0.2) is 0 Å². The van der Waals surface area contributed by atoms with Crippen molar-refractivity contribution >= 4 is 39.7 Å². The summed E-state index contributed by atoms with van der Waals surface area (Å²) in [4.78, 5) is 24.1. The van der Waals surface area contributed by atoms with Crippen LogP contribution in [0.4, 0.5) is 11.4 Å². The van der Waals surface area contributed by atoms with Gasteiger partial charge in [-0.3, -0.25) is 9.59 Å². The number of benzene rings is 3. The lowest BCUT2D eigenvalue weighted by Crippen LogP contribution is -2.09. The summed E-state index contributed by atoms with van der Waals surface area (Å²) in [5.41, 5.74) is 6.41. The minimum atomic E-state index is -0.271. The molecule has 0 unspecified atom stereocenters. The van der Waals surface area contributed by atoms with Crippen molar-refractivity contribution in [3.8, 4) is 22.6 Å². The summed E-state index contributed by atoms with van der Waals surface area (Å²) in [5.74, 6) is 1.04. The van der Waals surface area contributed by atoms with E-state index in [1.807, 2.05) is 51.1 Å². The Morgan fingerprint density at radius 3 is 2.22 bits per heavy atom. The first-order valence-corrected chi connectivity index (χ1v) is 12.0. The molecule has 4 rings (SSSR count). The lowest BCUT2D eigenvalue weighted by atomic mass is 9.96. The minimum Gasteiger partial charge on any atom is -0.497 e. The molecule has 7 heteroatoms. The number of carbonyl (C=O) groups is 2. The van der Waals surface area contributed by atoms with Crippen LogP contribution in [-0.4, -0.2) is 25.5 Å². The Hall–Kier alpha value is -4.52. The number of hydrogen-bond acceptors (Lipinski definition) is 5. The minimum absolute atomic E-state index is 0.152. The quantitative estimate of drug-likeness (QED) is 0.260. The number of amides is 2. The van der Waals surface area contributed by atoms with Gasteiger partial charge in [0.05, 0.1) is 20.0 Å². The Kier molecular flexibility index (Phi) is 7.63. The van der Waals surface area contributed by atoms with Crippen LogP contribution in [0.2, 0.25) is 0 Å². The molecule has 0 bridgehead atoms. The SMILES string of the molecule is CCOc1c(/C(C)=C/C(=O)Nc2ccc(NC(C)=O)cc2)cc2c(-c3ccc(OC)cc3)coc2c1C. The molecule has 1 aromatic heterocycles. The number of fused-ring (bicyclic) bond motifs is 1. The van der Waals surface area contributed by atoms with Gasteiger partial charge in [-0.25, -0.2) is 0 Å². The van der Waals surface area contributed by atoms with Gasteiger partial charge < -0.3 is 24.5 Å². The molecule has 4 aromatic rings. The highest BCUT2D eigenvalue weighted by molar-refractivity contribution is 6.06. The highest BCUT2D eigenvalue weighted by Gasteiger charge is 2.19. The Morgan fingerprint density at radius 1 is 0.973 bits per heavy atom. The molecule has 3 aromatic carbocycles. The summed E-state index contributed by atoms with van der Waals surface area (Å²) >= 11 is 0. The molecule has 0 saturated heterocycles. The zero-order valence-corrected chi connectivity index (χ0v) is 21.6. The topological polar surface area (TPSA) is 89.8 Å². The smallest absolute Gasteiger partial charge is 0.248 e. The Labute approximate surface area is 216 Å². The van der Waals surface area contributed by atoms with E-state index in [1.165, 1.54) is 6.92 Å². The van der Waals surface area contributed by atoms with E-state index in [-0.39, 0.29) is 11.8 Å². The average Bonchev–Trinajstić information content (AvgIpc) is 3.31. The molecule has 7 nitrogen and oxygen atoms in total. The second-order valence-corrected chi connectivity index (χ2v) is 8.64. The Bertz CT molecular complexity index is 1460. The number of methoxy groups -OCH3 is 1. The number of aryl methyl sites for hydroxylation is 1. The second-order valence-electron chi connectivity index (χ2n) is 8.64. The number of rotatable bonds is 8. The highest BCUT2D eigenvalue weighted by Crippen LogP contribution is 2.41. The molecule has 0 saturated carbocycles. The van der Waals surface area contributed by atoms with Gasteiger partial charge in [-0.1, -0.05) is 12.1 Å². The first-order chi connectivity index (χ1) is 17.8. The predicted molar refractivity (Wildman–Crippen MR) is 147 cm³/mol. The van der Waals surface area contributed by atoms with Crippen molar-refractivity contribution in [1.82, 2.24) is 0 Å². The third kappa shape index (κ3) is 5.67. The molecule has 2 N–H and O–H groups in total. The fourth-order valence-electron chi connectivity index (χ4n) is 4.23. The Morgan fingerprint density at radius 2 is 1.62 bits per heavy atom. The fraction of sp³-hybridized carbons (Fsp3) is 0.200. The normalized spacial score (nSPS) is 11.3. The van der Waals surface area contributed by atoms with E-state index in [0.717, 1.165) is 44.5 Å². The van der Waals surface area contributed by atoms with Crippen molar-refractivity contribution in [3.63, 3.8) is 0 Å². The molecule has 0 aliphatic rings. The van der Waals surface area contributed by atoms with Crippen LogP contribution in [0.5, 0.6) is 11.5 Å². The molecule has 0 radical (unpaired) electrons. The van der Waals surface area contributed by atoms with Gasteiger partial charge in [-0.05, 0) is 74.4 Å². The molecule has 190 valence electrons. The lowest BCUT2D eigenvalue weighted by Gasteiger charge is -2.15. The third-order valence-electron chi connectivity index (χ3n) is 5.98. The molecule has 0 spiro atoms. The maximum Gasteiger partial charge on any atom is 0.248 e.